The van der Waals surface area contributed by atoms with E-state index >= 15 is 0 Å². The molecule has 2 aromatic rings. The number of hydrogen-bond acceptors (Lipinski definition) is 2. The van der Waals surface area contributed by atoms with Crippen LogP contribution in [0.1, 0.15) is 16.7 Å². The van der Waals surface area contributed by atoms with Gasteiger partial charge in [0, 0.05) is 18.9 Å². The predicted molar refractivity (Wildman–Crippen MR) is 70.8 cm³/mol. The molecule has 0 atom stereocenters. The van der Waals surface area contributed by atoms with Crippen molar-refractivity contribution >= 4 is 0 Å². The molecule has 1 N–H and O–H groups in total. The van der Waals surface area contributed by atoms with Gasteiger partial charge in [-0.1, -0.05) is 6.07 Å². The molecule has 0 bridgehead atoms. The summed E-state index contributed by atoms with van der Waals surface area (Å²) in [5, 5.41) is 3.37. The number of benzene rings is 1. The molecule has 94 valence electrons. The maximum absolute atomic E-state index is 12.9. The smallest absolute Gasteiger partial charge is 0.123 e. The monoisotopic (exact) mass is 244 g/mol. The van der Waals surface area contributed by atoms with E-state index in [9.17, 15) is 4.39 Å². The number of pyridine rings is 1. The fourth-order valence-electron chi connectivity index (χ4n) is 1.90. The molecule has 0 saturated carbocycles. The lowest BCUT2D eigenvalue weighted by Crippen LogP contribution is -2.17. The maximum Gasteiger partial charge on any atom is 0.123 e. The van der Waals surface area contributed by atoms with Crippen molar-refractivity contribution in [2.45, 2.75) is 19.9 Å². The molecule has 2 nitrogen and oxygen atoms in total. The number of aromatic nitrogens is 1. The Hall–Kier alpha value is -1.74. The number of nitrogens with one attached hydrogen (secondary N) is 1. The Kier molecular flexibility index (Phi) is 4.42. The largest absolute Gasteiger partial charge is 0.312 e. The molecule has 0 aliphatic rings. The SMILES string of the molecule is Cc1cc(F)ccc1CCNCc1ccncc1. The van der Waals surface area contributed by atoms with Crippen LogP contribution in [0.2, 0.25) is 0 Å². The second kappa shape index (κ2) is 6.26. The van der Waals surface area contributed by atoms with Crippen LogP contribution in [-0.4, -0.2) is 11.5 Å². The summed E-state index contributed by atoms with van der Waals surface area (Å²) < 4.78 is 12.9. The molecule has 0 spiro atoms. The first-order valence-corrected chi connectivity index (χ1v) is 6.10. The molecule has 0 aliphatic carbocycles. The molecular formula is C15H17FN2. The molecule has 1 aromatic heterocycles. The van der Waals surface area contributed by atoms with Crippen molar-refractivity contribution in [2.24, 2.45) is 0 Å². The number of nitrogens with zero attached hydrogens (tertiary/aromatic N) is 1. The van der Waals surface area contributed by atoms with E-state index in [1.807, 2.05) is 25.1 Å². The van der Waals surface area contributed by atoms with Crippen LogP contribution in [0.5, 0.6) is 0 Å². The molecule has 2 rings (SSSR count). The third kappa shape index (κ3) is 3.64. The normalized spacial score (nSPS) is 10.6. The van der Waals surface area contributed by atoms with Crippen molar-refractivity contribution < 1.29 is 4.39 Å². The van der Waals surface area contributed by atoms with E-state index in [-0.39, 0.29) is 5.82 Å². The van der Waals surface area contributed by atoms with Crippen LogP contribution in [0, 0.1) is 12.7 Å². The summed E-state index contributed by atoms with van der Waals surface area (Å²) in [6.45, 7) is 3.67. The van der Waals surface area contributed by atoms with Gasteiger partial charge in [-0.2, -0.15) is 0 Å². The lowest BCUT2D eigenvalue weighted by molar-refractivity contribution is 0.624. The first kappa shape index (κ1) is 12.7. The van der Waals surface area contributed by atoms with Crippen molar-refractivity contribution in [2.75, 3.05) is 6.54 Å². The number of hydrogen-bond donors (Lipinski definition) is 1. The van der Waals surface area contributed by atoms with Crippen molar-refractivity contribution in [1.82, 2.24) is 10.3 Å². The van der Waals surface area contributed by atoms with Gasteiger partial charge in [-0.3, -0.25) is 4.98 Å². The Labute approximate surface area is 107 Å². The van der Waals surface area contributed by atoms with Crippen LogP contribution in [0.3, 0.4) is 0 Å². The molecule has 0 saturated heterocycles. The fourth-order valence-corrected chi connectivity index (χ4v) is 1.90. The second-order valence-electron chi connectivity index (χ2n) is 4.35. The Morgan fingerprint density at radius 3 is 2.67 bits per heavy atom. The lowest BCUT2D eigenvalue weighted by Gasteiger charge is -2.07. The number of aryl methyl sites for hydroxylation is 1. The van der Waals surface area contributed by atoms with Crippen LogP contribution in [0.15, 0.2) is 42.7 Å². The molecule has 0 amide bonds. The minimum atomic E-state index is -0.166. The van der Waals surface area contributed by atoms with E-state index < -0.39 is 0 Å². The number of rotatable bonds is 5. The van der Waals surface area contributed by atoms with Gasteiger partial charge in [-0.25, -0.2) is 4.39 Å². The van der Waals surface area contributed by atoms with Gasteiger partial charge in [0.1, 0.15) is 5.82 Å². The fraction of sp³-hybridized carbons (Fsp3) is 0.267. The highest BCUT2D eigenvalue weighted by Crippen LogP contribution is 2.10. The van der Waals surface area contributed by atoms with Crippen LogP contribution in [0.4, 0.5) is 4.39 Å². The van der Waals surface area contributed by atoms with Gasteiger partial charge >= 0.3 is 0 Å². The van der Waals surface area contributed by atoms with Gasteiger partial charge in [0.2, 0.25) is 0 Å². The molecular weight excluding hydrogens is 227 g/mol. The van der Waals surface area contributed by atoms with Gasteiger partial charge in [0.15, 0.2) is 0 Å². The molecule has 3 heteroatoms. The van der Waals surface area contributed by atoms with E-state index in [0.717, 1.165) is 25.1 Å². The highest BCUT2D eigenvalue weighted by atomic mass is 19.1. The standard InChI is InChI=1S/C15H17FN2/c1-12-10-15(16)3-2-14(12)6-9-18-11-13-4-7-17-8-5-13/h2-5,7-8,10,18H,6,9,11H2,1H3. The van der Waals surface area contributed by atoms with Gasteiger partial charge < -0.3 is 5.32 Å². The van der Waals surface area contributed by atoms with E-state index in [4.69, 9.17) is 0 Å². The van der Waals surface area contributed by atoms with E-state index in [1.54, 1.807) is 18.5 Å². The zero-order chi connectivity index (χ0) is 12.8. The minimum absolute atomic E-state index is 0.166. The van der Waals surface area contributed by atoms with Crippen molar-refractivity contribution in [3.63, 3.8) is 0 Å². The Morgan fingerprint density at radius 2 is 1.94 bits per heavy atom. The summed E-state index contributed by atoms with van der Waals surface area (Å²) >= 11 is 0. The average molecular weight is 244 g/mol. The van der Waals surface area contributed by atoms with E-state index in [1.165, 1.54) is 17.2 Å². The molecule has 1 heterocycles. The first-order chi connectivity index (χ1) is 8.75. The van der Waals surface area contributed by atoms with Crippen LogP contribution >= 0.6 is 0 Å². The molecule has 18 heavy (non-hydrogen) atoms. The van der Waals surface area contributed by atoms with Crippen LogP contribution in [0.25, 0.3) is 0 Å². The third-order valence-electron chi connectivity index (χ3n) is 2.95. The quantitative estimate of drug-likeness (QED) is 0.818. The molecule has 0 radical (unpaired) electrons. The summed E-state index contributed by atoms with van der Waals surface area (Å²) in [5.41, 5.74) is 3.43. The summed E-state index contributed by atoms with van der Waals surface area (Å²) in [7, 11) is 0. The summed E-state index contributed by atoms with van der Waals surface area (Å²) in [5.74, 6) is -0.166. The molecule has 0 fully saturated rings. The van der Waals surface area contributed by atoms with Gasteiger partial charge in [0.25, 0.3) is 0 Å². The van der Waals surface area contributed by atoms with E-state index in [2.05, 4.69) is 10.3 Å². The topological polar surface area (TPSA) is 24.9 Å². The molecule has 0 aliphatic heterocycles. The maximum atomic E-state index is 12.9. The lowest BCUT2D eigenvalue weighted by atomic mass is 10.1. The van der Waals surface area contributed by atoms with Crippen LogP contribution < -0.4 is 5.32 Å². The van der Waals surface area contributed by atoms with E-state index in [0.29, 0.717) is 0 Å². The van der Waals surface area contributed by atoms with Gasteiger partial charge in [-0.05, 0) is 60.8 Å². The Bertz CT molecular complexity index is 497. The minimum Gasteiger partial charge on any atom is -0.312 e. The first-order valence-electron chi connectivity index (χ1n) is 6.10. The highest BCUT2D eigenvalue weighted by Gasteiger charge is 1.99. The third-order valence-corrected chi connectivity index (χ3v) is 2.95. The van der Waals surface area contributed by atoms with Crippen molar-refractivity contribution in [1.29, 1.82) is 0 Å². The number of halogens is 1. The van der Waals surface area contributed by atoms with Crippen LogP contribution in [-0.2, 0) is 13.0 Å². The highest BCUT2D eigenvalue weighted by molar-refractivity contribution is 5.26. The summed E-state index contributed by atoms with van der Waals surface area (Å²) in [6, 6.07) is 8.95. The zero-order valence-corrected chi connectivity index (χ0v) is 10.5. The van der Waals surface area contributed by atoms with Crippen molar-refractivity contribution in [3.05, 3.63) is 65.2 Å². The average Bonchev–Trinajstić information content (AvgIpc) is 2.38. The van der Waals surface area contributed by atoms with Gasteiger partial charge in [-0.15, -0.1) is 0 Å². The molecule has 0 unspecified atom stereocenters. The predicted octanol–water partition coefficient (Wildman–Crippen LogP) is 2.86. The summed E-state index contributed by atoms with van der Waals surface area (Å²) in [4.78, 5) is 3.98. The van der Waals surface area contributed by atoms with Gasteiger partial charge in [0.05, 0.1) is 0 Å². The second-order valence-corrected chi connectivity index (χ2v) is 4.35. The Morgan fingerprint density at radius 1 is 1.17 bits per heavy atom. The molecule has 1 aromatic carbocycles. The van der Waals surface area contributed by atoms with Crippen molar-refractivity contribution in [3.8, 4) is 0 Å². The Balaban J connectivity index is 1.79. The summed E-state index contributed by atoms with van der Waals surface area (Å²) in [6.07, 6.45) is 4.50. The zero-order valence-electron chi connectivity index (χ0n) is 10.5.